The van der Waals surface area contributed by atoms with Gasteiger partial charge < -0.3 is 31.8 Å². The predicted octanol–water partition coefficient (Wildman–Crippen LogP) is 1.30. The van der Waals surface area contributed by atoms with E-state index in [-0.39, 0.29) is 18.3 Å². The van der Waals surface area contributed by atoms with Gasteiger partial charge in [0, 0.05) is 23.5 Å². The Labute approximate surface area is 205 Å². The van der Waals surface area contributed by atoms with Gasteiger partial charge in [-0.3, -0.25) is 14.4 Å². The van der Waals surface area contributed by atoms with Crippen molar-refractivity contribution in [3.8, 4) is 0 Å². The molecule has 1 aromatic carbocycles. The number of carbonyl (C=O) groups excluding carboxylic acids is 3. The molecule has 0 bridgehead atoms. The lowest BCUT2D eigenvalue weighted by Gasteiger charge is -2.25. The topological polar surface area (TPSA) is 166 Å². The van der Waals surface area contributed by atoms with Crippen molar-refractivity contribution in [1.29, 1.82) is 0 Å². The van der Waals surface area contributed by atoms with Gasteiger partial charge in [0.15, 0.2) is 0 Å². The van der Waals surface area contributed by atoms with Crippen LogP contribution in [0.2, 0.25) is 0 Å². The molecular formula is C25H37N5O5. The van der Waals surface area contributed by atoms with Crippen molar-refractivity contribution in [3.63, 3.8) is 0 Å². The van der Waals surface area contributed by atoms with Crippen LogP contribution in [0.4, 0.5) is 0 Å². The maximum absolute atomic E-state index is 13.1. The molecule has 0 fully saturated rings. The fourth-order valence-electron chi connectivity index (χ4n) is 3.79. The number of hydrogen-bond acceptors (Lipinski definition) is 5. The van der Waals surface area contributed by atoms with Gasteiger partial charge in [-0.15, -0.1) is 0 Å². The zero-order chi connectivity index (χ0) is 26.3. The molecule has 0 saturated carbocycles. The summed E-state index contributed by atoms with van der Waals surface area (Å²) in [7, 11) is 0. The van der Waals surface area contributed by atoms with Gasteiger partial charge >= 0.3 is 5.97 Å². The van der Waals surface area contributed by atoms with Crippen LogP contribution >= 0.6 is 0 Å². The van der Waals surface area contributed by atoms with E-state index in [0.29, 0.717) is 6.42 Å². The van der Waals surface area contributed by atoms with E-state index in [1.54, 1.807) is 20.0 Å². The van der Waals surface area contributed by atoms with Crippen LogP contribution in [0.15, 0.2) is 30.5 Å². The molecule has 35 heavy (non-hydrogen) atoms. The summed E-state index contributed by atoms with van der Waals surface area (Å²) in [5.41, 5.74) is 7.56. The Morgan fingerprint density at radius 1 is 0.943 bits per heavy atom. The summed E-state index contributed by atoms with van der Waals surface area (Å²) in [5, 5.41) is 18.2. The number of carboxylic acid groups (broad SMARTS) is 1. The summed E-state index contributed by atoms with van der Waals surface area (Å²) in [6.07, 6.45) is 2.35. The number of rotatable bonds is 12. The van der Waals surface area contributed by atoms with Crippen LogP contribution in [0.1, 0.15) is 46.6 Å². The molecule has 192 valence electrons. The van der Waals surface area contributed by atoms with Crippen molar-refractivity contribution in [3.05, 3.63) is 36.0 Å². The molecule has 2 rings (SSSR count). The summed E-state index contributed by atoms with van der Waals surface area (Å²) in [6.45, 7) is 8.76. The minimum Gasteiger partial charge on any atom is -0.480 e. The lowest BCUT2D eigenvalue weighted by Crippen LogP contribution is -2.57. The lowest BCUT2D eigenvalue weighted by molar-refractivity contribution is -0.143. The lowest BCUT2D eigenvalue weighted by atomic mass is 10.0. The van der Waals surface area contributed by atoms with Crippen LogP contribution in [-0.2, 0) is 25.6 Å². The van der Waals surface area contributed by atoms with Crippen LogP contribution in [0, 0.1) is 11.8 Å². The zero-order valence-corrected chi connectivity index (χ0v) is 20.9. The molecule has 10 heteroatoms. The molecule has 0 saturated heterocycles. The molecule has 0 radical (unpaired) electrons. The number of fused-ring (bicyclic) bond motifs is 1. The van der Waals surface area contributed by atoms with Crippen LogP contribution in [-0.4, -0.2) is 57.9 Å². The van der Waals surface area contributed by atoms with Crippen molar-refractivity contribution >= 4 is 34.6 Å². The van der Waals surface area contributed by atoms with Gasteiger partial charge in [-0.05, 0) is 36.8 Å². The number of aromatic nitrogens is 1. The largest absolute Gasteiger partial charge is 0.480 e. The Kier molecular flexibility index (Phi) is 9.82. The van der Waals surface area contributed by atoms with E-state index in [1.165, 1.54) is 6.92 Å². The zero-order valence-electron chi connectivity index (χ0n) is 20.9. The summed E-state index contributed by atoms with van der Waals surface area (Å²) in [6, 6.07) is 3.65. The highest BCUT2D eigenvalue weighted by atomic mass is 16.4. The predicted molar refractivity (Wildman–Crippen MR) is 133 cm³/mol. The van der Waals surface area contributed by atoms with Crippen molar-refractivity contribution in [2.45, 2.75) is 71.6 Å². The van der Waals surface area contributed by atoms with E-state index >= 15 is 0 Å². The number of H-pyrrole nitrogens is 1. The molecule has 0 aliphatic carbocycles. The van der Waals surface area contributed by atoms with Crippen molar-refractivity contribution in [2.24, 2.45) is 17.6 Å². The maximum atomic E-state index is 13.1. The highest BCUT2D eigenvalue weighted by molar-refractivity contribution is 5.94. The smallest absolute Gasteiger partial charge is 0.326 e. The number of aliphatic carboxylic acids is 1. The summed E-state index contributed by atoms with van der Waals surface area (Å²) in [5.74, 6) is -2.96. The second kappa shape index (κ2) is 12.3. The highest BCUT2D eigenvalue weighted by Crippen LogP contribution is 2.19. The van der Waals surface area contributed by atoms with Crippen molar-refractivity contribution in [2.75, 3.05) is 0 Å². The average molecular weight is 488 g/mol. The van der Waals surface area contributed by atoms with Gasteiger partial charge in [-0.25, -0.2) is 4.79 Å². The van der Waals surface area contributed by atoms with E-state index in [4.69, 9.17) is 5.73 Å². The normalized spacial score (nSPS) is 14.9. The number of amides is 3. The second-order valence-electron chi connectivity index (χ2n) is 9.66. The number of nitrogens with two attached hydrogens (primary N) is 1. The number of hydrogen-bond donors (Lipinski definition) is 6. The fraction of sp³-hybridized carbons (Fsp3) is 0.520. The molecule has 0 aliphatic rings. The molecule has 4 unspecified atom stereocenters. The molecule has 0 aliphatic heterocycles. The number of aromatic amines is 1. The van der Waals surface area contributed by atoms with Gasteiger partial charge in [0.05, 0.1) is 6.04 Å². The maximum Gasteiger partial charge on any atom is 0.326 e. The van der Waals surface area contributed by atoms with E-state index in [1.807, 2.05) is 38.1 Å². The summed E-state index contributed by atoms with van der Waals surface area (Å²) >= 11 is 0. The van der Waals surface area contributed by atoms with Crippen molar-refractivity contribution < 1.29 is 24.3 Å². The minimum atomic E-state index is -1.16. The Morgan fingerprint density at radius 2 is 1.60 bits per heavy atom. The molecule has 7 N–H and O–H groups in total. The minimum absolute atomic E-state index is 0.125. The van der Waals surface area contributed by atoms with E-state index in [0.717, 1.165) is 16.5 Å². The highest BCUT2D eigenvalue weighted by Gasteiger charge is 2.30. The van der Waals surface area contributed by atoms with Gasteiger partial charge in [-0.2, -0.15) is 0 Å². The van der Waals surface area contributed by atoms with E-state index in [2.05, 4.69) is 20.9 Å². The van der Waals surface area contributed by atoms with Gasteiger partial charge in [0.1, 0.15) is 18.1 Å². The van der Waals surface area contributed by atoms with E-state index < -0.39 is 47.9 Å². The van der Waals surface area contributed by atoms with Crippen LogP contribution in [0.3, 0.4) is 0 Å². The van der Waals surface area contributed by atoms with Crippen LogP contribution in [0.25, 0.3) is 10.9 Å². The Hall–Kier alpha value is -3.40. The first kappa shape index (κ1) is 27.8. The SMILES string of the molecule is CC(C)CC(N)C(=O)NC(C)C(=O)NC(Cc1c[nH]c2ccccc12)C(=O)NC(C(=O)O)C(C)C. The third-order valence-corrected chi connectivity index (χ3v) is 5.78. The number of carboxylic acids is 1. The molecule has 3 amide bonds. The molecule has 10 nitrogen and oxygen atoms in total. The van der Waals surface area contributed by atoms with E-state index in [9.17, 15) is 24.3 Å². The van der Waals surface area contributed by atoms with Crippen molar-refractivity contribution in [1.82, 2.24) is 20.9 Å². The molecule has 1 aromatic heterocycles. The molecule has 4 atom stereocenters. The van der Waals surface area contributed by atoms with Gasteiger partial charge in [0.25, 0.3) is 0 Å². The quantitative estimate of drug-likeness (QED) is 0.264. The standard InChI is InChI=1S/C25H37N5O5/c1-13(2)10-18(26)23(32)28-15(5)22(31)29-20(24(33)30-21(14(3)4)25(34)35)11-16-12-27-19-9-7-6-8-17(16)19/h6-9,12-15,18,20-21,27H,10-11,26H2,1-5H3,(H,28,32)(H,29,31)(H,30,33)(H,34,35). The Morgan fingerprint density at radius 3 is 2.20 bits per heavy atom. The molecule has 2 aromatic rings. The monoisotopic (exact) mass is 487 g/mol. The first-order chi connectivity index (χ1) is 16.4. The summed E-state index contributed by atoms with van der Waals surface area (Å²) < 4.78 is 0. The number of nitrogens with one attached hydrogen (secondary N) is 4. The third-order valence-electron chi connectivity index (χ3n) is 5.78. The van der Waals surface area contributed by atoms with Gasteiger partial charge in [0.2, 0.25) is 17.7 Å². The number of para-hydroxylation sites is 1. The first-order valence-corrected chi connectivity index (χ1v) is 11.8. The second-order valence-corrected chi connectivity index (χ2v) is 9.66. The molecular weight excluding hydrogens is 450 g/mol. The number of carbonyl (C=O) groups is 4. The fourth-order valence-corrected chi connectivity index (χ4v) is 3.79. The molecule has 1 heterocycles. The Balaban J connectivity index is 2.21. The van der Waals surface area contributed by atoms with Crippen LogP contribution < -0.4 is 21.7 Å². The summed E-state index contributed by atoms with van der Waals surface area (Å²) in [4.78, 5) is 53.1. The van der Waals surface area contributed by atoms with Gasteiger partial charge in [-0.1, -0.05) is 45.9 Å². The van der Waals surface area contributed by atoms with Crippen LogP contribution in [0.5, 0.6) is 0 Å². The molecule has 0 spiro atoms. The first-order valence-electron chi connectivity index (χ1n) is 11.8. The third kappa shape index (κ3) is 7.81. The average Bonchev–Trinajstić information content (AvgIpc) is 3.18. The number of benzene rings is 1. The Bertz CT molecular complexity index is 1050.